The highest BCUT2D eigenvalue weighted by atomic mass is 32.2. The maximum Gasteiger partial charge on any atom is 0.393 e. The maximum absolute atomic E-state index is 13.7. The van der Waals surface area contributed by atoms with E-state index in [1.54, 1.807) is 12.1 Å². The number of ether oxygens (including phenoxy) is 1. The lowest BCUT2D eigenvalue weighted by Gasteiger charge is -2.39. The number of hydrogen-bond acceptors (Lipinski definition) is 9. The van der Waals surface area contributed by atoms with Crippen LogP contribution < -0.4 is 15.4 Å². The lowest BCUT2D eigenvalue weighted by molar-refractivity contribution is -0.126. The molecule has 0 unspecified atom stereocenters. The number of sulfone groups is 2. The molecule has 2 heterocycles. The molecule has 2 fully saturated rings. The van der Waals surface area contributed by atoms with Gasteiger partial charge in [0.2, 0.25) is 6.86 Å². The van der Waals surface area contributed by atoms with E-state index in [9.17, 15) is 34.4 Å². The van der Waals surface area contributed by atoms with Crippen LogP contribution in [0, 0.1) is 11.8 Å². The zero-order valence-corrected chi connectivity index (χ0v) is 27.6. The van der Waals surface area contributed by atoms with Crippen molar-refractivity contribution >= 4 is 52.5 Å². The molecule has 1 saturated carbocycles. The van der Waals surface area contributed by atoms with Gasteiger partial charge < -0.3 is 15.4 Å². The molecule has 0 bridgehead atoms. The number of benzene rings is 2. The second-order valence-electron chi connectivity index (χ2n) is 11.6. The van der Waals surface area contributed by atoms with Crippen molar-refractivity contribution in [2.24, 2.45) is 0 Å². The van der Waals surface area contributed by atoms with Gasteiger partial charge in [0.05, 0.1) is 50.3 Å². The summed E-state index contributed by atoms with van der Waals surface area (Å²) in [6.07, 6.45) is -1.01. The van der Waals surface area contributed by atoms with Crippen LogP contribution in [0.25, 0.3) is 10.1 Å². The third kappa shape index (κ3) is 8.64. The van der Waals surface area contributed by atoms with E-state index in [2.05, 4.69) is 27.4 Å². The standard InChI is InChI=1S/C31H35F4N3O5S3/c1-45(39,40)23-11-12-26(28(18-23)43-20-32)36-13-3-6-29-25(19-31(33,34)35)24-4-2-5-27(30(24)44-29)37-21-7-9-22(10-8-21)38-14-16-46(41,42)17-15-38/h2,4-5,11-12,18,21-22,36-37H,7-10,13-17,19-20H2,1H3. The van der Waals surface area contributed by atoms with E-state index in [0.29, 0.717) is 34.1 Å². The monoisotopic (exact) mass is 701 g/mol. The van der Waals surface area contributed by atoms with Gasteiger partial charge in [-0.3, -0.25) is 4.90 Å². The molecule has 2 aliphatic rings. The second-order valence-corrected chi connectivity index (χ2v) is 16.9. The van der Waals surface area contributed by atoms with Crippen LogP contribution >= 0.6 is 11.3 Å². The Morgan fingerprint density at radius 1 is 1.07 bits per heavy atom. The quantitative estimate of drug-likeness (QED) is 0.219. The fourth-order valence-corrected chi connectivity index (χ4v) is 9.02. The first-order valence-corrected chi connectivity index (χ1v) is 19.3. The molecule has 0 radical (unpaired) electrons. The van der Waals surface area contributed by atoms with Crippen LogP contribution in [-0.2, 0) is 26.1 Å². The molecule has 0 amide bonds. The van der Waals surface area contributed by atoms with Gasteiger partial charge in [-0.2, -0.15) is 13.2 Å². The summed E-state index contributed by atoms with van der Waals surface area (Å²) in [5.41, 5.74) is 1.15. The fraction of sp³-hybridized carbons (Fsp3) is 0.484. The van der Waals surface area contributed by atoms with E-state index in [-0.39, 0.29) is 46.0 Å². The topological polar surface area (TPSA) is 105 Å². The van der Waals surface area contributed by atoms with Gasteiger partial charge in [-0.05, 0) is 54.8 Å². The van der Waals surface area contributed by atoms with Gasteiger partial charge in [0, 0.05) is 37.5 Å². The van der Waals surface area contributed by atoms with Gasteiger partial charge in [0.15, 0.2) is 19.7 Å². The highest BCUT2D eigenvalue weighted by molar-refractivity contribution is 7.91. The smallest absolute Gasteiger partial charge is 0.393 e. The Morgan fingerprint density at radius 3 is 2.43 bits per heavy atom. The minimum absolute atomic E-state index is 0.0160. The molecular formula is C31H35F4N3O5S3. The van der Waals surface area contributed by atoms with Crippen LogP contribution in [-0.4, -0.2) is 84.3 Å². The number of hydrogen-bond donors (Lipinski definition) is 2. The first-order valence-electron chi connectivity index (χ1n) is 14.8. The Balaban J connectivity index is 1.31. The molecule has 2 aromatic carbocycles. The van der Waals surface area contributed by atoms with Gasteiger partial charge in [0.1, 0.15) is 5.75 Å². The first kappa shape index (κ1) is 34.3. The van der Waals surface area contributed by atoms with Crippen molar-refractivity contribution < 1.29 is 39.1 Å². The molecular weight excluding hydrogens is 667 g/mol. The predicted molar refractivity (Wildman–Crippen MR) is 173 cm³/mol. The number of anilines is 2. The summed E-state index contributed by atoms with van der Waals surface area (Å²) in [5.74, 6) is 6.09. The second kappa shape index (κ2) is 14.0. The van der Waals surface area contributed by atoms with Gasteiger partial charge in [-0.25, -0.2) is 21.2 Å². The van der Waals surface area contributed by atoms with Crippen molar-refractivity contribution in [3.63, 3.8) is 0 Å². The molecule has 0 atom stereocenters. The lowest BCUT2D eigenvalue weighted by Crippen LogP contribution is -2.48. The number of halogens is 4. The molecule has 8 nitrogen and oxygen atoms in total. The molecule has 5 rings (SSSR count). The summed E-state index contributed by atoms with van der Waals surface area (Å²) < 4.78 is 107. The minimum atomic E-state index is -4.45. The van der Waals surface area contributed by atoms with Gasteiger partial charge in [-0.1, -0.05) is 24.0 Å². The lowest BCUT2D eigenvalue weighted by atomic mass is 9.90. The number of thiophene rings is 1. The third-order valence-electron chi connectivity index (χ3n) is 8.31. The molecule has 1 saturated heterocycles. The fourth-order valence-electron chi connectivity index (χ4n) is 5.98. The average Bonchev–Trinajstić information content (AvgIpc) is 3.32. The predicted octanol–water partition coefficient (Wildman–Crippen LogP) is 5.63. The van der Waals surface area contributed by atoms with Crippen LogP contribution in [0.1, 0.15) is 36.1 Å². The Morgan fingerprint density at radius 2 is 1.78 bits per heavy atom. The van der Waals surface area contributed by atoms with Crippen molar-refractivity contribution in [1.29, 1.82) is 0 Å². The van der Waals surface area contributed by atoms with Gasteiger partial charge in [-0.15, -0.1) is 11.3 Å². The molecule has 3 aromatic rings. The SMILES string of the molecule is CS(=O)(=O)c1ccc(NCC#Cc2sc3c(NC4CCC(N5CCS(=O)(=O)CC5)CC4)cccc3c2CC(F)(F)F)c(OCF)c1. The average molecular weight is 702 g/mol. The van der Waals surface area contributed by atoms with Crippen molar-refractivity contribution in [1.82, 2.24) is 4.90 Å². The zero-order valence-electron chi connectivity index (χ0n) is 25.1. The summed E-state index contributed by atoms with van der Waals surface area (Å²) in [6.45, 7) is -0.0808. The molecule has 46 heavy (non-hydrogen) atoms. The van der Waals surface area contributed by atoms with Crippen molar-refractivity contribution in [2.45, 2.75) is 55.3 Å². The number of rotatable bonds is 9. The van der Waals surface area contributed by atoms with E-state index in [1.807, 2.05) is 6.07 Å². The van der Waals surface area contributed by atoms with Gasteiger partial charge in [0.25, 0.3) is 0 Å². The zero-order chi connectivity index (χ0) is 33.1. The summed E-state index contributed by atoms with van der Waals surface area (Å²) in [5, 5.41) is 6.96. The molecule has 0 spiro atoms. The Bertz CT molecular complexity index is 1830. The highest BCUT2D eigenvalue weighted by Crippen LogP contribution is 2.40. The van der Waals surface area contributed by atoms with Crippen molar-refractivity contribution in [2.75, 3.05) is 54.9 Å². The molecule has 1 aromatic heterocycles. The number of fused-ring (bicyclic) bond motifs is 1. The van der Waals surface area contributed by atoms with E-state index in [1.165, 1.54) is 29.5 Å². The van der Waals surface area contributed by atoms with Crippen LogP contribution in [0.2, 0.25) is 0 Å². The highest BCUT2D eigenvalue weighted by Gasteiger charge is 2.32. The van der Waals surface area contributed by atoms with E-state index < -0.39 is 39.1 Å². The molecule has 1 aliphatic carbocycles. The van der Waals surface area contributed by atoms with Crippen molar-refractivity contribution in [3.8, 4) is 17.6 Å². The number of nitrogens with one attached hydrogen (secondary N) is 2. The van der Waals surface area contributed by atoms with Crippen molar-refractivity contribution in [3.05, 3.63) is 46.8 Å². The Hall–Kier alpha value is -3.06. The molecule has 250 valence electrons. The first-order chi connectivity index (χ1) is 21.7. The normalized spacial score (nSPS) is 20.5. The summed E-state index contributed by atoms with van der Waals surface area (Å²) in [6, 6.07) is 9.69. The van der Waals surface area contributed by atoms with Crippen LogP contribution in [0.4, 0.5) is 28.9 Å². The van der Waals surface area contributed by atoms with E-state index in [0.717, 1.165) is 37.6 Å². The summed E-state index contributed by atoms with van der Waals surface area (Å²) in [4.78, 5) is 2.51. The van der Waals surface area contributed by atoms with E-state index >= 15 is 0 Å². The summed E-state index contributed by atoms with van der Waals surface area (Å²) >= 11 is 1.20. The summed E-state index contributed by atoms with van der Waals surface area (Å²) in [7, 11) is -6.49. The molecule has 15 heteroatoms. The van der Waals surface area contributed by atoms with Crippen LogP contribution in [0.15, 0.2) is 41.3 Å². The number of nitrogens with zero attached hydrogens (tertiary/aromatic N) is 1. The van der Waals surface area contributed by atoms with Crippen LogP contribution in [0.3, 0.4) is 0 Å². The third-order valence-corrected chi connectivity index (χ3v) is 12.2. The Labute approximate surface area is 270 Å². The maximum atomic E-state index is 13.7. The van der Waals surface area contributed by atoms with Crippen LogP contribution in [0.5, 0.6) is 5.75 Å². The molecule has 2 N–H and O–H groups in total. The van der Waals surface area contributed by atoms with Gasteiger partial charge >= 0.3 is 6.18 Å². The molecule has 1 aliphatic heterocycles. The largest absolute Gasteiger partial charge is 0.461 e. The van der Waals surface area contributed by atoms with E-state index in [4.69, 9.17) is 4.74 Å². The number of alkyl halides is 4. The minimum Gasteiger partial charge on any atom is -0.461 e. The Kier molecular flexibility index (Phi) is 10.4.